The van der Waals surface area contributed by atoms with E-state index < -0.39 is 5.60 Å². The molecule has 1 saturated carbocycles. The van der Waals surface area contributed by atoms with Crippen LogP contribution in [0.2, 0.25) is 0 Å². The van der Waals surface area contributed by atoms with Gasteiger partial charge in [0.25, 0.3) is 0 Å². The third-order valence-corrected chi connectivity index (χ3v) is 6.78. The van der Waals surface area contributed by atoms with Gasteiger partial charge in [-0.05, 0) is 43.0 Å². The van der Waals surface area contributed by atoms with E-state index in [4.69, 9.17) is 0 Å². The van der Waals surface area contributed by atoms with E-state index in [1.807, 2.05) is 0 Å². The third kappa shape index (κ3) is 4.37. The second kappa shape index (κ2) is 8.30. The number of likely N-dealkylation sites (N-methyl/N-ethyl adjacent to an activating group) is 1. The average molecular weight is 367 g/mol. The van der Waals surface area contributed by atoms with E-state index in [2.05, 4.69) is 59.4 Å². The first kappa shape index (κ1) is 18.9. The Hall–Kier alpha value is -1.42. The Labute approximate surface area is 164 Å². The van der Waals surface area contributed by atoms with E-state index >= 15 is 0 Å². The summed E-state index contributed by atoms with van der Waals surface area (Å²) in [5, 5.41) is 11.7. The highest BCUT2D eigenvalue weighted by atomic mass is 16.3. The first-order chi connectivity index (χ1) is 13.1. The minimum Gasteiger partial charge on any atom is -0.389 e. The van der Waals surface area contributed by atoms with E-state index in [1.165, 1.54) is 23.1 Å². The van der Waals surface area contributed by atoms with Gasteiger partial charge in [-0.2, -0.15) is 0 Å². The van der Waals surface area contributed by atoms with E-state index in [1.54, 1.807) is 0 Å². The number of rotatable bonds is 4. The molecule has 3 nitrogen and oxygen atoms in total. The Morgan fingerprint density at radius 1 is 0.963 bits per heavy atom. The lowest BCUT2D eigenvalue weighted by molar-refractivity contribution is -0.0337. The molecule has 4 rings (SSSR count). The normalized spacial score (nSPS) is 24.4. The van der Waals surface area contributed by atoms with Gasteiger partial charge in [0.2, 0.25) is 0 Å². The van der Waals surface area contributed by atoms with Crippen molar-refractivity contribution in [2.24, 2.45) is 0 Å². The number of aliphatic hydroxyl groups is 1. The van der Waals surface area contributed by atoms with Gasteiger partial charge in [0.1, 0.15) is 0 Å². The molecule has 0 bridgehead atoms. The minimum absolute atomic E-state index is 0.201. The Morgan fingerprint density at radius 3 is 2.41 bits per heavy atom. The lowest BCUT2D eigenvalue weighted by atomic mass is 9.72. The molecule has 146 valence electrons. The summed E-state index contributed by atoms with van der Waals surface area (Å²) < 4.78 is 0. The van der Waals surface area contributed by atoms with Crippen molar-refractivity contribution < 1.29 is 5.11 Å². The van der Waals surface area contributed by atoms with Crippen LogP contribution >= 0.6 is 0 Å². The molecule has 1 aromatic rings. The van der Waals surface area contributed by atoms with Crippen LogP contribution in [0.1, 0.15) is 61.1 Å². The highest BCUT2D eigenvalue weighted by Gasteiger charge is 2.40. The largest absolute Gasteiger partial charge is 0.389 e. The minimum atomic E-state index is -0.555. The molecule has 1 unspecified atom stereocenters. The monoisotopic (exact) mass is 366 g/mol. The van der Waals surface area contributed by atoms with E-state index in [-0.39, 0.29) is 5.92 Å². The van der Waals surface area contributed by atoms with Crippen molar-refractivity contribution in [3.8, 4) is 0 Å². The van der Waals surface area contributed by atoms with Crippen molar-refractivity contribution in [2.45, 2.75) is 50.0 Å². The fraction of sp³-hybridized carbons (Fsp3) is 0.583. The standard InChI is InChI=1S/C24H34N2O/c1-25-14-16-26(17-15-25)19-23(24(27)12-6-3-7-13-24)22-11-10-20-8-4-2-5-9-21(20)18-22/h4-5,8-11,18,23,27H,2-3,6-7,12-17,19H2,1H3. The molecular formula is C24H34N2O. The summed E-state index contributed by atoms with van der Waals surface area (Å²) in [7, 11) is 2.20. The molecule has 1 atom stereocenters. The van der Waals surface area contributed by atoms with Crippen LogP contribution in [0.4, 0.5) is 0 Å². The van der Waals surface area contributed by atoms with Gasteiger partial charge in [-0.25, -0.2) is 0 Å². The van der Waals surface area contributed by atoms with Crippen LogP contribution in [0, 0.1) is 0 Å². The van der Waals surface area contributed by atoms with Crippen molar-refractivity contribution in [2.75, 3.05) is 39.8 Å². The maximum absolute atomic E-state index is 11.7. The molecule has 0 aromatic heterocycles. The number of nitrogens with zero attached hydrogens (tertiary/aromatic N) is 2. The number of fused-ring (bicyclic) bond motifs is 1. The molecule has 2 fully saturated rings. The quantitative estimate of drug-likeness (QED) is 0.867. The maximum atomic E-state index is 11.7. The van der Waals surface area contributed by atoms with Gasteiger partial charge in [0.05, 0.1) is 5.60 Å². The summed E-state index contributed by atoms with van der Waals surface area (Å²) in [6.07, 6.45) is 15.4. The molecule has 0 radical (unpaired) electrons. The van der Waals surface area contributed by atoms with Gasteiger partial charge in [0, 0.05) is 38.6 Å². The van der Waals surface area contributed by atoms with Crippen LogP contribution in [0.15, 0.2) is 30.4 Å². The highest BCUT2D eigenvalue weighted by molar-refractivity contribution is 5.68. The average Bonchev–Trinajstić information content (AvgIpc) is 2.93. The first-order valence-corrected chi connectivity index (χ1v) is 10.7. The molecule has 1 heterocycles. The van der Waals surface area contributed by atoms with Crippen molar-refractivity contribution in [3.05, 3.63) is 47.0 Å². The van der Waals surface area contributed by atoms with Gasteiger partial charge >= 0.3 is 0 Å². The Kier molecular flexibility index (Phi) is 5.82. The molecule has 3 heteroatoms. The molecule has 1 aromatic carbocycles. The molecule has 3 aliphatic rings. The number of piperazine rings is 1. The molecule has 1 aliphatic heterocycles. The second-order valence-corrected chi connectivity index (χ2v) is 8.75. The van der Waals surface area contributed by atoms with Gasteiger partial charge in [-0.15, -0.1) is 0 Å². The second-order valence-electron chi connectivity index (χ2n) is 8.75. The molecular weight excluding hydrogens is 332 g/mol. The fourth-order valence-electron chi connectivity index (χ4n) is 4.96. The van der Waals surface area contributed by atoms with Crippen molar-refractivity contribution in [1.82, 2.24) is 9.80 Å². The topological polar surface area (TPSA) is 26.7 Å². The zero-order valence-corrected chi connectivity index (χ0v) is 16.7. The van der Waals surface area contributed by atoms with Crippen LogP contribution in [-0.2, 0) is 0 Å². The molecule has 27 heavy (non-hydrogen) atoms. The SMILES string of the molecule is CN1CCN(CC(c2ccc3c(c2)C=CCC=C3)C2(O)CCCCC2)CC1. The number of allylic oxidation sites excluding steroid dienone is 2. The smallest absolute Gasteiger partial charge is 0.0728 e. The Balaban J connectivity index is 1.63. The Bertz CT molecular complexity index is 694. The van der Waals surface area contributed by atoms with Gasteiger partial charge in [-0.3, -0.25) is 0 Å². The Morgan fingerprint density at radius 2 is 1.67 bits per heavy atom. The molecule has 1 N–H and O–H groups in total. The van der Waals surface area contributed by atoms with Crippen molar-refractivity contribution in [3.63, 3.8) is 0 Å². The van der Waals surface area contributed by atoms with E-state index in [0.29, 0.717) is 0 Å². The number of hydrogen-bond donors (Lipinski definition) is 1. The number of hydrogen-bond acceptors (Lipinski definition) is 3. The summed E-state index contributed by atoms with van der Waals surface area (Å²) in [6.45, 7) is 5.45. The maximum Gasteiger partial charge on any atom is 0.0728 e. The van der Waals surface area contributed by atoms with Crippen LogP contribution in [0.3, 0.4) is 0 Å². The number of benzene rings is 1. The fourth-order valence-corrected chi connectivity index (χ4v) is 4.96. The van der Waals surface area contributed by atoms with Gasteiger partial charge < -0.3 is 14.9 Å². The first-order valence-electron chi connectivity index (χ1n) is 10.7. The molecule has 2 aliphatic carbocycles. The lowest BCUT2D eigenvalue weighted by Gasteiger charge is -2.43. The zero-order valence-electron chi connectivity index (χ0n) is 16.7. The van der Waals surface area contributed by atoms with Gasteiger partial charge in [0.15, 0.2) is 0 Å². The van der Waals surface area contributed by atoms with Crippen LogP contribution < -0.4 is 0 Å². The predicted octanol–water partition coefficient (Wildman–Crippen LogP) is 4.14. The summed E-state index contributed by atoms with van der Waals surface area (Å²) in [5.74, 6) is 0.201. The van der Waals surface area contributed by atoms with E-state index in [9.17, 15) is 5.11 Å². The highest BCUT2D eigenvalue weighted by Crippen LogP contribution is 2.41. The van der Waals surface area contributed by atoms with Crippen LogP contribution in [0.25, 0.3) is 12.2 Å². The third-order valence-electron chi connectivity index (χ3n) is 6.78. The van der Waals surface area contributed by atoms with Crippen molar-refractivity contribution in [1.29, 1.82) is 0 Å². The summed E-state index contributed by atoms with van der Waals surface area (Å²) in [6, 6.07) is 6.87. The molecule has 0 amide bonds. The predicted molar refractivity (Wildman–Crippen MR) is 114 cm³/mol. The van der Waals surface area contributed by atoms with E-state index in [0.717, 1.165) is 64.8 Å². The molecule has 1 saturated heterocycles. The molecule has 0 spiro atoms. The van der Waals surface area contributed by atoms with Crippen LogP contribution in [-0.4, -0.2) is 60.3 Å². The lowest BCUT2D eigenvalue weighted by Crippen LogP contribution is -2.50. The summed E-state index contributed by atoms with van der Waals surface area (Å²) in [5.41, 5.74) is 3.35. The zero-order chi connectivity index (χ0) is 18.7. The van der Waals surface area contributed by atoms with Crippen molar-refractivity contribution >= 4 is 12.2 Å². The van der Waals surface area contributed by atoms with Gasteiger partial charge in [-0.1, -0.05) is 61.8 Å². The summed E-state index contributed by atoms with van der Waals surface area (Å²) >= 11 is 0. The van der Waals surface area contributed by atoms with Crippen LogP contribution in [0.5, 0.6) is 0 Å². The summed E-state index contributed by atoms with van der Waals surface area (Å²) in [4.78, 5) is 4.97.